The van der Waals surface area contributed by atoms with Crippen LogP contribution in [0.5, 0.6) is 5.75 Å². The quantitative estimate of drug-likeness (QED) is 0.838. The van der Waals surface area contributed by atoms with Crippen molar-refractivity contribution < 1.29 is 9.13 Å². The van der Waals surface area contributed by atoms with E-state index >= 15 is 0 Å². The van der Waals surface area contributed by atoms with E-state index in [4.69, 9.17) is 4.74 Å². The Morgan fingerprint density at radius 3 is 2.50 bits per heavy atom. The number of hydrogen-bond acceptors (Lipinski definition) is 2. The number of benzene rings is 2. The van der Waals surface area contributed by atoms with Gasteiger partial charge in [-0.2, -0.15) is 0 Å². The van der Waals surface area contributed by atoms with Crippen LogP contribution in [0, 0.1) is 11.7 Å². The van der Waals surface area contributed by atoms with E-state index < -0.39 is 0 Å². The van der Waals surface area contributed by atoms with Gasteiger partial charge in [0.25, 0.3) is 0 Å². The van der Waals surface area contributed by atoms with Crippen molar-refractivity contribution in [2.45, 2.75) is 20.4 Å². The van der Waals surface area contributed by atoms with E-state index in [-0.39, 0.29) is 5.82 Å². The first-order valence-corrected chi connectivity index (χ1v) is 6.84. The van der Waals surface area contributed by atoms with Gasteiger partial charge in [-0.15, -0.1) is 0 Å². The van der Waals surface area contributed by atoms with Crippen LogP contribution < -0.4 is 10.1 Å². The molecule has 2 rings (SSSR count). The zero-order chi connectivity index (χ0) is 14.4. The first kappa shape index (κ1) is 14.4. The van der Waals surface area contributed by atoms with Crippen LogP contribution in [0.2, 0.25) is 0 Å². The Kier molecular flexibility index (Phi) is 4.99. The van der Waals surface area contributed by atoms with E-state index in [1.165, 1.54) is 12.1 Å². The minimum atomic E-state index is -0.229. The molecule has 0 aliphatic rings. The number of nitrogens with one attached hydrogen (secondary N) is 1. The summed E-state index contributed by atoms with van der Waals surface area (Å²) in [5, 5.41) is 3.19. The molecule has 0 saturated heterocycles. The lowest BCUT2D eigenvalue weighted by Gasteiger charge is -2.10. The second-order valence-electron chi connectivity index (χ2n) is 5.21. The average molecular weight is 273 g/mol. The highest BCUT2D eigenvalue weighted by atomic mass is 19.1. The fourth-order valence-corrected chi connectivity index (χ4v) is 1.77. The van der Waals surface area contributed by atoms with Gasteiger partial charge >= 0.3 is 0 Å². The number of hydrogen-bond donors (Lipinski definition) is 1. The van der Waals surface area contributed by atoms with Crippen molar-refractivity contribution in [3.05, 3.63) is 59.9 Å². The maximum atomic E-state index is 13.0. The summed E-state index contributed by atoms with van der Waals surface area (Å²) in [6, 6.07) is 14.4. The van der Waals surface area contributed by atoms with Crippen LogP contribution in [0.25, 0.3) is 0 Å². The molecule has 0 amide bonds. The molecule has 3 heteroatoms. The second-order valence-corrected chi connectivity index (χ2v) is 5.21. The molecule has 0 heterocycles. The molecule has 0 atom stereocenters. The van der Waals surface area contributed by atoms with E-state index in [2.05, 4.69) is 19.2 Å². The number of rotatable bonds is 6. The molecule has 2 aromatic carbocycles. The monoisotopic (exact) mass is 273 g/mol. The summed E-state index contributed by atoms with van der Waals surface area (Å²) in [5.74, 6) is 1.17. The Labute approximate surface area is 119 Å². The van der Waals surface area contributed by atoms with Crippen molar-refractivity contribution in [1.82, 2.24) is 0 Å². The van der Waals surface area contributed by atoms with Gasteiger partial charge < -0.3 is 10.1 Å². The van der Waals surface area contributed by atoms with Crippen LogP contribution in [0.3, 0.4) is 0 Å². The molecule has 0 spiro atoms. The largest absolute Gasteiger partial charge is 0.493 e. The lowest BCUT2D eigenvalue weighted by Crippen LogP contribution is -2.04. The van der Waals surface area contributed by atoms with Crippen LogP contribution in [0.4, 0.5) is 10.1 Å². The van der Waals surface area contributed by atoms with Crippen molar-refractivity contribution in [2.24, 2.45) is 5.92 Å². The van der Waals surface area contributed by atoms with Crippen LogP contribution in [0.1, 0.15) is 19.4 Å². The highest BCUT2D eigenvalue weighted by Crippen LogP contribution is 2.15. The first-order valence-electron chi connectivity index (χ1n) is 6.84. The smallest absolute Gasteiger partial charge is 0.125 e. The van der Waals surface area contributed by atoms with Crippen molar-refractivity contribution in [1.29, 1.82) is 0 Å². The van der Waals surface area contributed by atoms with Gasteiger partial charge in [0.05, 0.1) is 6.61 Å². The van der Waals surface area contributed by atoms with E-state index in [9.17, 15) is 4.39 Å². The lowest BCUT2D eigenvalue weighted by atomic mass is 10.2. The Morgan fingerprint density at radius 2 is 1.85 bits per heavy atom. The molecule has 0 aliphatic heterocycles. The number of ether oxygens (including phenoxy) is 1. The van der Waals surface area contributed by atoms with Gasteiger partial charge in [0, 0.05) is 12.2 Å². The Balaban J connectivity index is 1.87. The predicted octanol–water partition coefficient (Wildman–Crippen LogP) is 4.47. The van der Waals surface area contributed by atoms with Crippen molar-refractivity contribution in [3.63, 3.8) is 0 Å². The molecular formula is C17H20FNO. The minimum Gasteiger partial charge on any atom is -0.493 e. The SMILES string of the molecule is CC(C)COc1ccc(CNc2cccc(F)c2)cc1. The molecule has 1 N–H and O–H groups in total. The van der Waals surface area contributed by atoms with E-state index in [0.717, 1.165) is 23.6 Å². The summed E-state index contributed by atoms with van der Waals surface area (Å²) in [4.78, 5) is 0. The summed E-state index contributed by atoms with van der Waals surface area (Å²) in [5.41, 5.74) is 1.91. The zero-order valence-corrected chi connectivity index (χ0v) is 11.9. The van der Waals surface area contributed by atoms with E-state index in [1.807, 2.05) is 30.3 Å². The summed E-state index contributed by atoms with van der Waals surface area (Å²) in [6.07, 6.45) is 0. The van der Waals surface area contributed by atoms with Crippen molar-refractivity contribution in [3.8, 4) is 5.75 Å². The van der Waals surface area contributed by atoms with Gasteiger partial charge in [-0.3, -0.25) is 0 Å². The van der Waals surface area contributed by atoms with Crippen LogP contribution in [-0.4, -0.2) is 6.61 Å². The topological polar surface area (TPSA) is 21.3 Å². The third-order valence-electron chi connectivity index (χ3n) is 2.83. The minimum absolute atomic E-state index is 0.229. The van der Waals surface area contributed by atoms with Crippen molar-refractivity contribution >= 4 is 5.69 Å². The molecule has 0 radical (unpaired) electrons. The molecule has 0 aliphatic carbocycles. The second kappa shape index (κ2) is 6.94. The van der Waals surface area contributed by atoms with Gasteiger partial charge in [0.2, 0.25) is 0 Å². The Hall–Kier alpha value is -2.03. The average Bonchev–Trinajstić information content (AvgIpc) is 2.44. The molecular weight excluding hydrogens is 253 g/mol. The van der Waals surface area contributed by atoms with Gasteiger partial charge in [-0.1, -0.05) is 32.0 Å². The molecule has 0 saturated carbocycles. The normalized spacial score (nSPS) is 10.6. The zero-order valence-electron chi connectivity index (χ0n) is 11.9. The fraction of sp³-hybridized carbons (Fsp3) is 0.294. The molecule has 2 aromatic rings. The van der Waals surface area contributed by atoms with Gasteiger partial charge in [0.15, 0.2) is 0 Å². The van der Waals surface area contributed by atoms with Crippen LogP contribution in [0.15, 0.2) is 48.5 Å². The first-order chi connectivity index (χ1) is 9.63. The van der Waals surface area contributed by atoms with Gasteiger partial charge in [-0.05, 0) is 41.8 Å². The third kappa shape index (κ3) is 4.57. The van der Waals surface area contributed by atoms with Crippen LogP contribution in [-0.2, 0) is 6.54 Å². The summed E-state index contributed by atoms with van der Waals surface area (Å²) in [6.45, 7) is 5.63. The van der Waals surface area contributed by atoms with Gasteiger partial charge in [-0.25, -0.2) is 4.39 Å². The molecule has 0 aromatic heterocycles. The number of halogens is 1. The molecule has 0 fully saturated rings. The maximum Gasteiger partial charge on any atom is 0.125 e. The Morgan fingerprint density at radius 1 is 1.10 bits per heavy atom. The summed E-state index contributed by atoms with van der Waals surface area (Å²) < 4.78 is 18.7. The molecule has 0 unspecified atom stereocenters. The summed E-state index contributed by atoms with van der Waals surface area (Å²) in [7, 11) is 0. The maximum absolute atomic E-state index is 13.0. The highest BCUT2D eigenvalue weighted by molar-refractivity contribution is 5.44. The molecule has 106 valence electrons. The molecule has 20 heavy (non-hydrogen) atoms. The molecule has 0 bridgehead atoms. The lowest BCUT2D eigenvalue weighted by molar-refractivity contribution is 0.271. The fourth-order valence-electron chi connectivity index (χ4n) is 1.77. The standard InChI is InChI=1S/C17H20FNO/c1-13(2)12-20-17-8-6-14(7-9-17)11-19-16-5-3-4-15(18)10-16/h3-10,13,19H,11-12H2,1-2H3. The van der Waals surface area contributed by atoms with Gasteiger partial charge in [0.1, 0.15) is 11.6 Å². The third-order valence-corrected chi connectivity index (χ3v) is 2.83. The Bertz CT molecular complexity index is 537. The molecule has 2 nitrogen and oxygen atoms in total. The van der Waals surface area contributed by atoms with E-state index in [1.54, 1.807) is 6.07 Å². The highest BCUT2D eigenvalue weighted by Gasteiger charge is 1.99. The van der Waals surface area contributed by atoms with Crippen LogP contribution >= 0.6 is 0 Å². The number of anilines is 1. The summed E-state index contributed by atoms with van der Waals surface area (Å²) >= 11 is 0. The predicted molar refractivity (Wildman–Crippen MR) is 80.5 cm³/mol. The van der Waals surface area contributed by atoms with Crippen molar-refractivity contribution in [2.75, 3.05) is 11.9 Å². The van der Waals surface area contributed by atoms with E-state index in [0.29, 0.717) is 12.5 Å².